The van der Waals surface area contributed by atoms with Crippen molar-refractivity contribution in [3.63, 3.8) is 0 Å². The number of furan rings is 1. The zero-order chi connectivity index (χ0) is 25.0. The number of piperazine rings is 1. The number of benzene rings is 1. The molecule has 0 saturated carbocycles. The minimum absolute atomic E-state index is 0.00950. The second-order valence-electron chi connectivity index (χ2n) is 9.63. The van der Waals surface area contributed by atoms with Crippen LogP contribution >= 0.6 is 11.8 Å². The molecule has 0 bridgehead atoms. The number of amides is 2. The molecule has 1 aliphatic rings. The fourth-order valence-electron chi connectivity index (χ4n) is 3.99. The van der Waals surface area contributed by atoms with Gasteiger partial charge in [-0.2, -0.15) is 0 Å². The molecule has 0 radical (unpaired) electrons. The van der Waals surface area contributed by atoms with Gasteiger partial charge in [0.15, 0.2) is 5.16 Å². The summed E-state index contributed by atoms with van der Waals surface area (Å²) in [5.74, 6) is 0.794. The van der Waals surface area contributed by atoms with Gasteiger partial charge in [-0.3, -0.25) is 23.9 Å². The molecule has 3 heterocycles. The fourth-order valence-corrected chi connectivity index (χ4v) is 4.89. The Bertz CT molecular complexity index is 1240. The summed E-state index contributed by atoms with van der Waals surface area (Å²) in [4.78, 5) is 46.8. The molecule has 0 atom stereocenters. The smallest absolute Gasteiger partial charge is 0.262 e. The summed E-state index contributed by atoms with van der Waals surface area (Å²) in [6.07, 6.45) is 1.57. The SMILES string of the molecule is CC(C)(C)NC(=O)CN1CCN(C(=O)CSc2nc3ccccc3c(=O)n2Cc2ccco2)CC1. The lowest BCUT2D eigenvalue weighted by Crippen LogP contribution is -2.53. The van der Waals surface area contributed by atoms with E-state index < -0.39 is 0 Å². The fraction of sp³-hybridized carbons (Fsp3) is 0.440. The highest BCUT2D eigenvalue weighted by Crippen LogP contribution is 2.20. The van der Waals surface area contributed by atoms with Gasteiger partial charge >= 0.3 is 0 Å². The summed E-state index contributed by atoms with van der Waals surface area (Å²) in [6.45, 7) is 8.85. The molecule has 0 spiro atoms. The van der Waals surface area contributed by atoms with Gasteiger partial charge in [-0.1, -0.05) is 23.9 Å². The Morgan fingerprint density at radius 1 is 1.09 bits per heavy atom. The number of aromatic nitrogens is 2. The van der Waals surface area contributed by atoms with Crippen LogP contribution in [0, 0.1) is 0 Å². The standard InChI is InChI=1S/C25H31N5O4S/c1-25(2,3)27-21(31)16-28-10-12-29(13-11-28)22(32)17-35-24-26-20-9-5-4-8-19(20)23(33)30(24)15-18-7-6-14-34-18/h4-9,14H,10-13,15-17H2,1-3H3,(H,27,31). The first kappa shape index (κ1) is 25.0. The van der Waals surface area contributed by atoms with Crippen molar-refractivity contribution in [3.05, 3.63) is 58.8 Å². The van der Waals surface area contributed by atoms with E-state index in [1.54, 1.807) is 33.9 Å². The van der Waals surface area contributed by atoms with Gasteiger partial charge in [-0.15, -0.1) is 0 Å². The van der Waals surface area contributed by atoms with Crippen LogP contribution in [0.4, 0.5) is 0 Å². The normalized spacial score (nSPS) is 14.9. The predicted octanol–water partition coefficient (Wildman–Crippen LogP) is 2.19. The van der Waals surface area contributed by atoms with Crippen LogP contribution in [0.25, 0.3) is 10.9 Å². The van der Waals surface area contributed by atoms with Crippen molar-refractivity contribution in [2.24, 2.45) is 0 Å². The Kier molecular flexibility index (Phi) is 7.61. The van der Waals surface area contributed by atoms with E-state index in [0.717, 1.165) is 0 Å². The first-order valence-corrected chi connectivity index (χ1v) is 12.6. The van der Waals surface area contributed by atoms with Crippen LogP contribution in [0.3, 0.4) is 0 Å². The van der Waals surface area contributed by atoms with Crippen molar-refractivity contribution in [2.45, 2.75) is 38.0 Å². The molecular formula is C25H31N5O4S. The number of carbonyl (C=O) groups is 2. The maximum atomic E-state index is 13.2. The summed E-state index contributed by atoms with van der Waals surface area (Å²) >= 11 is 1.26. The number of nitrogens with zero attached hydrogens (tertiary/aromatic N) is 4. The molecule has 186 valence electrons. The zero-order valence-corrected chi connectivity index (χ0v) is 21.1. The van der Waals surface area contributed by atoms with Gasteiger partial charge in [0.25, 0.3) is 5.56 Å². The largest absolute Gasteiger partial charge is 0.467 e. The Morgan fingerprint density at radius 2 is 1.83 bits per heavy atom. The number of carbonyl (C=O) groups excluding carboxylic acids is 2. The first-order chi connectivity index (χ1) is 16.7. The summed E-state index contributed by atoms with van der Waals surface area (Å²) in [5, 5.41) is 3.98. The minimum atomic E-state index is -0.263. The zero-order valence-electron chi connectivity index (χ0n) is 20.3. The van der Waals surface area contributed by atoms with Crippen LogP contribution in [0.2, 0.25) is 0 Å². The van der Waals surface area contributed by atoms with Crippen molar-refractivity contribution in [1.29, 1.82) is 0 Å². The second kappa shape index (κ2) is 10.7. The topological polar surface area (TPSA) is 101 Å². The number of para-hydroxylation sites is 1. The van der Waals surface area contributed by atoms with E-state index in [1.807, 2.05) is 39.0 Å². The highest BCUT2D eigenvalue weighted by molar-refractivity contribution is 7.99. The van der Waals surface area contributed by atoms with Crippen molar-refractivity contribution < 1.29 is 14.0 Å². The average molecular weight is 498 g/mol. The third-order valence-corrected chi connectivity index (χ3v) is 6.61. The highest BCUT2D eigenvalue weighted by atomic mass is 32.2. The van der Waals surface area contributed by atoms with E-state index in [-0.39, 0.29) is 35.2 Å². The van der Waals surface area contributed by atoms with Crippen LogP contribution in [0.15, 0.2) is 57.0 Å². The molecule has 2 aromatic heterocycles. The highest BCUT2D eigenvalue weighted by Gasteiger charge is 2.24. The summed E-state index contributed by atoms with van der Waals surface area (Å²) in [6, 6.07) is 10.8. The van der Waals surface area contributed by atoms with Gasteiger partial charge < -0.3 is 14.6 Å². The van der Waals surface area contributed by atoms with Gasteiger partial charge in [0.05, 0.1) is 36.0 Å². The maximum absolute atomic E-state index is 13.2. The molecule has 1 saturated heterocycles. The molecule has 1 fully saturated rings. The molecule has 1 aliphatic heterocycles. The van der Waals surface area contributed by atoms with Crippen LogP contribution in [0.5, 0.6) is 0 Å². The van der Waals surface area contributed by atoms with E-state index in [4.69, 9.17) is 4.42 Å². The second-order valence-corrected chi connectivity index (χ2v) is 10.6. The number of rotatable bonds is 7. The van der Waals surface area contributed by atoms with Crippen molar-refractivity contribution in [2.75, 3.05) is 38.5 Å². The molecule has 4 rings (SSSR count). The molecule has 10 heteroatoms. The van der Waals surface area contributed by atoms with E-state index in [9.17, 15) is 14.4 Å². The lowest BCUT2D eigenvalue weighted by Gasteiger charge is -2.34. The molecule has 9 nitrogen and oxygen atoms in total. The Hall–Kier alpha value is -3.11. The number of hydrogen-bond donors (Lipinski definition) is 1. The number of hydrogen-bond acceptors (Lipinski definition) is 7. The van der Waals surface area contributed by atoms with Crippen LogP contribution in [-0.2, 0) is 16.1 Å². The average Bonchev–Trinajstić information content (AvgIpc) is 3.32. The third kappa shape index (κ3) is 6.52. The van der Waals surface area contributed by atoms with Crippen molar-refractivity contribution in [1.82, 2.24) is 24.7 Å². The lowest BCUT2D eigenvalue weighted by molar-refractivity contribution is -0.130. The first-order valence-electron chi connectivity index (χ1n) is 11.7. The van der Waals surface area contributed by atoms with Crippen molar-refractivity contribution >= 4 is 34.5 Å². The summed E-state index contributed by atoms with van der Waals surface area (Å²) in [7, 11) is 0. The number of fused-ring (bicyclic) bond motifs is 1. The third-order valence-electron chi connectivity index (χ3n) is 5.65. The quantitative estimate of drug-likeness (QED) is 0.394. The van der Waals surface area contributed by atoms with Gasteiger partial charge in [-0.25, -0.2) is 4.98 Å². The molecule has 0 unspecified atom stereocenters. The van der Waals surface area contributed by atoms with Gasteiger partial charge in [-0.05, 0) is 45.0 Å². The lowest BCUT2D eigenvalue weighted by atomic mass is 10.1. The van der Waals surface area contributed by atoms with E-state index in [1.165, 1.54) is 11.8 Å². The number of nitrogens with one attached hydrogen (secondary N) is 1. The van der Waals surface area contributed by atoms with Gasteiger partial charge in [0.1, 0.15) is 5.76 Å². The van der Waals surface area contributed by atoms with Crippen LogP contribution in [0.1, 0.15) is 26.5 Å². The molecule has 35 heavy (non-hydrogen) atoms. The molecule has 1 aromatic carbocycles. The van der Waals surface area contributed by atoms with Gasteiger partial charge in [0, 0.05) is 31.7 Å². The maximum Gasteiger partial charge on any atom is 0.262 e. The molecule has 0 aliphatic carbocycles. The summed E-state index contributed by atoms with van der Waals surface area (Å²) in [5.41, 5.74) is 0.176. The molecule has 1 N–H and O–H groups in total. The Morgan fingerprint density at radius 3 is 2.51 bits per heavy atom. The van der Waals surface area contributed by atoms with Gasteiger partial charge in [0.2, 0.25) is 11.8 Å². The Balaban J connectivity index is 1.39. The number of thioether (sulfide) groups is 1. The van der Waals surface area contributed by atoms with E-state index in [2.05, 4.69) is 15.2 Å². The minimum Gasteiger partial charge on any atom is -0.467 e. The molecule has 2 amide bonds. The monoisotopic (exact) mass is 497 g/mol. The van der Waals surface area contributed by atoms with Crippen LogP contribution in [-0.4, -0.2) is 75.2 Å². The molecular weight excluding hydrogens is 466 g/mol. The molecule has 3 aromatic rings. The van der Waals surface area contributed by atoms with E-state index in [0.29, 0.717) is 54.5 Å². The predicted molar refractivity (Wildman–Crippen MR) is 135 cm³/mol. The Labute approximate surface area is 208 Å². The van der Waals surface area contributed by atoms with Crippen LogP contribution < -0.4 is 10.9 Å². The summed E-state index contributed by atoms with van der Waals surface area (Å²) < 4.78 is 7.00. The van der Waals surface area contributed by atoms with Crippen molar-refractivity contribution in [3.8, 4) is 0 Å². The van der Waals surface area contributed by atoms with E-state index >= 15 is 0 Å².